The average molecular weight is 201 g/mol. The van der Waals surface area contributed by atoms with E-state index in [0.29, 0.717) is 5.92 Å². The van der Waals surface area contributed by atoms with Crippen molar-refractivity contribution in [1.82, 2.24) is 0 Å². The summed E-state index contributed by atoms with van der Waals surface area (Å²) in [6.07, 6.45) is 2.13. The van der Waals surface area contributed by atoms with Crippen molar-refractivity contribution in [2.75, 3.05) is 33.0 Å². The zero-order valence-corrected chi connectivity index (χ0v) is 9.42. The second-order valence-electron chi connectivity index (χ2n) is 4.73. The molecule has 0 aliphatic carbocycles. The van der Waals surface area contributed by atoms with Gasteiger partial charge in [0, 0.05) is 31.8 Å². The summed E-state index contributed by atoms with van der Waals surface area (Å²) in [6, 6.07) is 0. The van der Waals surface area contributed by atoms with E-state index in [4.69, 9.17) is 15.2 Å². The molecular formula is C11H23NO2. The third kappa shape index (κ3) is 3.56. The number of hydrogen-bond acceptors (Lipinski definition) is 3. The van der Waals surface area contributed by atoms with Crippen LogP contribution in [0.25, 0.3) is 0 Å². The van der Waals surface area contributed by atoms with Gasteiger partial charge in [0.15, 0.2) is 0 Å². The zero-order valence-electron chi connectivity index (χ0n) is 9.42. The Balaban J connectivity index is 2.15. The molecule has 1 rings (SSSR count). The van der Waals surface area contributed by atoms with Gasteiger partial charge >= 0.3 is 0 Å². The minimum absolute atomic E-state index is 0.205. The molecular weight excluding hydrogens is 178 g/mol. The molecule has 0 spiro atoms. The van der Waals surface area contributed by atoms with Crippen LogP contribution >= 0.6 is 0 Å². The van der Waals surface area contributed by atoms with Gasteiger partial charge in [-0.2, -0.15) is 0 Å². The minimum atomic E-state index is 0.205. The van der Waals surface area contributed by atoms with Gasteiger partial charge < -0.3 is 15.2 Å². The normalized spacial score (nSPS) is 27.4. The van der Waals surface area contributed by atoms with Gasteiger partial charge in [0.05, 0.1) is 6.61 Å². The molecule has 84 valence electrons. The number of nitrogens with two attached hydrogens (primary N) is 1. The van der Waals surface area contributed by atoms with Gasteiger partial charge in [0.2, 0.25) is 0 Å². The molecule has 2 N–H and O–H groups in total. The van der Waals surface area contributed by atoms with Crippen molar-refractivity contribution >= 4 is 0 Å². The topological polar surface area (TPSA) is 44.5 Å². The first-order chi connectivity index (χ1) is 6.68. The lowest BCUT2D eigenvalue weighted by molar-refractivity contribution is 0.0704. The maximum absolute atomic E-state index is 5.78. The summed E-state index contributed by atoms with van der Waals surface area (Å²) in [7, 11) is 0. The Hall–Kier alpha value is -0.120. The van der Waals surface area contributed by atoms with Crippen molar-refractivity contribution in [2.24, 2.45) is 17.1 Å². The Kier molecular flexibility index (Phi) is 4.85. The molecule has 1 aliphatic rings. The van der Waals surface area contributed by atoms with E-state index in [2.05, 4.69) is 13.8 Å². The monoisotopic (exact) mass is 201 g/mol. The van der Waals surface area contributed by atoms with Gasteiger partial charge in [0.25, 0.3) is 0 Å². The van der Waals surface area contributed by atoms with Crippen molar-refractivity contribution in [3.8, 4) is 0 Å². The van der Waals surface area contributed by atoms with Crippen molar-refractivity contribution < 1.29 is 9.47 Å². The molecule has 1 fully saturated rings. The largest absolute Gasteiger partial charge is 0.381 e. The highest BCUT2D eigenvalue weighted by molar-refractivity contribution is 4.83. The molecule has 0 bridgehead atoms. The molecule has 0 aromatic carbocycles. The maximum Gasteiger partial charge on any atom is 0.0536 e. The lowest BCUT2D eigenvalue weighted by Gasteiger charge is -2.25. The highest BCUT2D eigenvalue weighted by Crippen LogP contribution is 2.30. The van der Waals surface area contributed by atoms with Crippen LogP contribution < -0.4 is 5.73 Å². The van der Waals surface area contributed by atoms with E-state index in [9.17, 15) is 0 Å². The summed E-state index contributed by atoms with van der Waals surface area (Å²) in [4.78, 5) is 0. The summed E-state index contributed by atoms with van der Waals surface area (Å²) in [5, 5.41) is 0. The van der Waals surface area contributed by atoms with Crippen molar-refractivity contribution in [3.05, 3.63) is 0 Å². The zero-order chi connectivity index (χ0) is 10.4. The van der Waals surface area contributed by atoms with E-state index in [1.54, 1.807) is 0 Å². The van der Waals surface area contributed by atoms with Crippen LogP contribution in [0.4, 0.5) is 0 Å². The first-order valence-corrected chi connectivity index (χ1v) is 5.54. The van der Waals surface area contributed by atoms with E-state index in [1.165, 1.54) is 0 Å². The Morgan fingerprint density at radius 1 is 1.50 bits per heavy atom. The highest BCUT2D eigenvalue weighted by atomic mass is 16.5. The first kappa shape index (κ1) is 12.0. The van der Waals surface area contributed by atoms with Crippen LogP contribution in [0.2, 0.25) is 0 Å². The van der Waals surface area contributed by atoms with Gasteiger partial charge in [-0.15, -0.1) is 0 Å². The van der Waals surface area contributed by atoms with Crippen LogP contribution in [0.15, 0.2) is 0 Å². The maximum atomic E-state index is 5.78. The van der Waals surface area contributed by atoms with Crippen LogP contribution in [-0.2, 0) is 9.47 Å². The van der Waals surface area contributed by atoms with Crippen LogP contribution in [0.1, 0.15) is 26.7 Å². The predicted molar refractivity (Wildman–Crippen MR) is 57.2 cm³/mol. The third-order valence-electron chi connectivity index (χ3n) is 2.85. The molecule has 0 aromatic heterocycles. The van der Waals surface area contributed by atoms with E-state index >= 15 is 0 Å². The molecule has 0 radical (unpaired) electrons. The standard InChI is InChI=1S/C11H23NO2/c1-10(2)7-13-5-3-11(8-12)4-6-14-9-11/h10H,3-9,12H2,1-2H3. The van der Waals surface area contributed by atoms with E-state index < -0.39 is 0 Å². The number of rotatable bonds is 6. The van der Waals surface area contributed by atoms with Crippen LogP contribution in [0, 0.1) is 11.3 Å². The molecule has 3 heteroatoms. The summed E-state index contributed by atoms with van der Waals surface area (Å²) < 4.78 is 11.0. The third-order valence-corrected chi connectivity index (χ3v) is 2.85. The fourth-order valence-electron chi connectivity index (χ4n) is 1.72. The van der Waals surface area contributed by atoms with Crippen LogP contribution in [-0.4, -0.2) is 33.0 Å². The Bertz CT molecular complexity index is 153. The van der Waals surface area contributed by atoms with Gasteiger partial charge in [0.1, 0.15) is 0 Å². The quantitative estimate of drug-likeness (QED) is 0.661. The predicted octanol–water partition coefficient (Wildman–Crippen LogP) is 1.41. The lowest BCUT2D eigenvalue weighted by Crippen LogP contribution is -2.32. The smallest absolute Gasteiger partial charge is 0.0536 e. The molecule has 1 saturated heterocycles. The molecule has 1 unspecified atom stereocenters. The van der Waals surface area contributed by atoms with Crippen LogP contribution in [0.5, 0.6) is 0 Å². The summed E-state index contributed by atoms with van der Waals surface area (Å²) in [5.41, 5.74) is 5.98. The molecule has 1 aliphatic heterocycles. The molecule has 0 aromatic rings. The molecule has 0 saturated carbocycles. The van der Waals surface area contributed by atoms with Gasteiger partial charge in [-0.25, -0.2) is 0 Å². The summed E-state index contributed by atoms with van der Waals surface area (Å²) in [6.45, 7) is 8.39. The molecule has 3 nitrogen and oxygen atoms in total. The Morgan fingerprint density at radius 2 is 2.29 bits per heavy atom. The summed E-state index contributed by atoms with van der Waals surface area (Å²) >= 11 is 0. The van der Waals surface area contributed by atoms with Crippen molar-refractivity contribution in [1.29, 1.82) is 0 Å². The van der Waals surface area contributed by atoms with E-state index in [1.807, 2.05) is 0 Å². The molecule has 1 atom stereocenters. The second-order valence-corrected chi connectivity index (χ2v) is 4.73. The SMILES string of the molecule is CC(C)COCCC1(CN)CCOC1. The van der Waals surface area contributed by atoms with Crippen molar-refractivity contribution in [3.63, 3.8) is 0 Å². The molecule has 14 heavy (non-hydrogen) atoms. The molecule has 1 heterocycles. The van der Waals surface area contributed by atoms with E-state index in [0.717, 1.165) is 45.8 Å². The van der Waals surface area contributed by atoms with Gasteiger partial charge in [-0.3, -0.25) is 0 Å². The second kappa shape index (κ2) is 5.69. The van der Waals surface area contributed by atoms with Crippen molar-refractivity contribution in [2.45, 2.75) is 26.7 Å². The Labute approximate surface area is 86.9 Å². The Morgan fingerprint density at radius 3 is 2.79 bits per heavy atom. The van der Waals surface area contributed by atoms with Crippen LogP contribution in [0.3, 0.4) is 0 Å². The van der Waals surface area contributed by atoms with E-state index in [-0.39, 0.29) is 5.41 Å². The average Bonchev–Trinajstić information content (AvgIpc) is 2.62. The number of ether oxygens (including phenoxy) is 2. The lowest BCUT2D eigenvalue weighted by atomic mass is 9.84. The van der Waals surface area contributed by atoms with Gasteiger partial charge in [-0.05, 0) is 18.8 Å². The molecule has 0 amide bonds. The summed E-state index contributed by atoms with van der Waals surface area (Å²) in [5.74, 6) is 0.614. The van der Waals surface area contributed by atoms with Gasteiger partial charge in [-0.1, -0.05) is 13.8 Å². The number of hydrogen-bond donors (Lipinski definition) is 1. The fourth-order valence-corrected chi connectivity index (χ4v) is 1.72. The highest BCUT2D eigenvalue weighted by Gasteiger charge is 2.32. The fraction of sp³-hybridized carbons (Fsp3) is 1.00. The minimum Gasteiger partial charge on any atom is -0.381 e. The first-order valence-electron chi connectivity index (χ1n) is 5.54.